The molecule has 0 saturated carbocycles. The first-order valence-electron chi connectivity index (χ1n) is 19.0. The van der Waals surface area contributed by atoms with Crippen LogP contribution < -0.4 is 10.9 Å². The Morgan fingerprint density at radius 1 is 0.377 bits per heavy atom. The van der Waals surface area contributed by atoms with E-state index in [2.05, 4.69) is 196 Å². The third-order valence-electron chi connectivity index (χ3n) is 11.6. The largest absolute Gasteiger partial charge is 0.310 e. The van der Waals surface area contributed by atoms with E-state index in [0.29, 0.717) is 0 Å². The average Bonchev–Trinajstić information content (AvgIpc) is 3.67. The van der Waals surface area contributed by atoms with Gasteiger partial charge in [-0.05, 0) is 98.8 Å². The second-order valence-corrected chi connectivity index (χ2v) is 17.1. The fourth-order valence-corrected chi connectivity index (χ4v) is 8.77. The van der Waals surface area contributed by atoms with Crippen molar-refractivity contribution >= 4 is 61.8 Å². The first-order chi connectivity index (χ1) is 25.5. The third-order valence-corrected chi connectivity index (χ3v) is 11.6. The number of rotatable bonds is 2. The van der Waals surface area contributed by atoms with Crippen molar-refractivity contribution in [2.24, 2.45) is 0 Å². The van der Waals surface area contributed by atoms with Crippen LogP contribution in [0.1, 0.15) is 52.7 Å². The molecule has 0 spiro atoms. The zero-order chi connectivity index (χ0) is 36.2. The van der Waals surface area contributed by atoms with Crippen LogP contribution >= 0.6 is 0 Å². The molecule has 0 amide bonds. The Morgan fingerprint density at radius 2 is 0.811 bits per heavy atom. The summed E-state index contributed by atoms with van der Waals surface area (Å²) in [5.74, 6) is 0. The Kier molecular flexibility index (Phi) is 6.83. The number of aromatic nitrogens is 2. The average molecular weight is 683 g/mol. The lowest BCUT2D eigenvalue weighted by Gasteiger charge is -2.20. The Balaban J connectivity index is 1.39. The maximum atomic E-state index is 2.54. The van der Waals surface area contributed by atoms with Gasteiger partial charge in [0.2, 0.25) is 0 Å². The summed E-state index contributed by atoms with van der Waals surface area (Å²) in [6, 6.07) is 55.2. The lowest BCUT2D eigenvalue weighted by Crippen LogP contribution is -2.31. The lowest BCUT2D eigenvalue weighted by atomic mass is 9.61. The minimum atomic E-state index is 0.0340. The third kappa shape index (κ3) is 5.01. The molecule has 10 rings (SSSR count). The predicted molar refractivity (Wildman–Crippen MR) is 230 cm³/mol. The molecule has 3 heteroatoms. The molecule has 0 fully saturated rings. The Morgan fingerprint density at radius 3 is 1.23 bits per heavy atom. The van der Waals surface area contributed by atoms with Gasteiger partial charge >= 0.3 is 0 Å². The van der Waals surface area contributed by atoms with Gasteiger partial charge in [0.1, 0.15) is 0 Å². The van der Waals surface area contributed by atoms with E-state index in [-0.39, 0.29) is 10.8 Å². The van der Waals surface area contributed by atoms with Crippen LogP contribution in [0.4, 0.5) is 0 Å². The summed E-state index contributed by atoms with van der Waals surface area (Å²) < 4.78 is 5.08. The number of nitrogens with zero attached hydrogens (tertiary/aromatic N) is 2. The quantitative estimate of drug-likeness (QED) is 0.161. The molecular weight excluding hydrogens is 639 g/mol. The van der Waals surface area contributed by atoms with E-state index < -0.39 is 0 Å². The normalized spacial score (nSPS) is 12.9. The molecule has 0 N–H and O–H groups in total. The molecule has 1 aliphatic rings. The zero-order valence-corrected chi connectivity index (χ0v) is 31.5. The maximum absolute atomic E-state index is 2.54. The van der Waals surface area contributed by atoms with E-state index in [1.807, 2.05) is 0 Å². The summed E-state index contributed by atoms with van der Waals surface area (Å²) >= 11 is 0. The second kappa shape index (κ2) is 11.4. The van der Waals surface area contributed by atoms with Crippen molar-refractivity contribution in [2.75, 3.05) is 0 Å². The van der Waals surface area contributed by atoms with Crippen LogP contribution in [0.3, 0.4) is 0 Å². The maximum Gasteiger partial charge on any atom is 0.197 e. The van der Waals surface area contributed by atoms with Crippen LogP contribution in [-0.2, 0) is 10.8 Å². The van der Waals surface area contributed by atoms with Gasteiger partial charge in [0.25, 0.3) is 0 Å². The summed E-state index contributed by atoms with van der Waals surface area (Å²) in [6.45, 7) is 13.9. The second-order valence-electron chi connectivity index (χ2n) is 17.1. The van der Waals surface area contributed by atoms with Gasteiger partial charge in [-0.25, -0.2) is 0 Å². The van der Waals surface area contributed by atoms with Crippen molar-refractivity contribution in [3.05, 3.63) is 157 Å². The number of benzene rings is 7. The summed E-state index contributed by atoms with van der Waals surface area (Å²) in [7, 11) is 0.795. The van der Waals surface area contributed by atoms with E-state index >= 15 is 0 Å². The van der Waals surface area contributed by atoms with Gasteiger partial charge in [0.15, 0.2) is 7.28 Å². The highest BCUT2D eigenvalue weighted by Crippen LogP contribution is 2.40. The minimum Gasteiger partial charge on any atom is -0.310 e. The fraction of sp³-hybridized carbons (Fsp3) is 0.160. The van der Waals surface area contributed by atoms with E-state index in [1.54, 1.807) is 0 Å². The molecule has 1 aliphatic heterocycles. The van der Waals surface area contributed by atoms with Crippen LogP contribution in [0.15, 0.2) is 146 Å². The molecule has 9 aromatic rings. The smallest absolute Gasteiger partial charge is 0.197 e. The summed E-state index contributed by atoms with van der Waals surface area (Å²) in [5.41, 5.74) is 17.9. The molecule has 53 heavy (non-hydrogen) atoms. The molecule has 2 aromatic heterocycles. The van der Waals surface area contributed by atoms with Gasteiger partial charge in [-0.2, -0.15) is 0 Å². The molecule has 256 valence electrons. The van der Waals surface area contributed by atoms with Gasteiger partial charge in [0, 0.05) is 44.0 Å². The number of hydrogen-bond donors (Lipinski definition) is 0. The molecular formula is C50H43BN2. The first kappa shape index (κ1) is 31.9. The minimum absolute atomic E-state index is 0.0340. The highest BCUT2D eigenvalue weighted by molar-refractivity contribution is 6.72. The van der Waals surface area contributed by atoms with Crippen LogP contribution in [-0.4, -0.2) is 16.4 Å². The van der Waals surface area contributed by atoms with Crippen molar-refractivity contribution in [1.29, 1.82) is 0 Å². The Hall–Kier alpha value is -5.80. The van der Waals surface area contributed by atoms with Crippen LogP contribution in [0.2, 0.25) is 0 Å². The molecule has 0 saturated heterocycles. The monoisotopic (exact) mass is 682 g/mol. The molecule has 3 heterocycles. The molecule has 2 nitrogen and oxygen atoms in total. The van der Waals surface area contributed by atoms with Crippen molar-refractivity contribution in [3.63, 3.8) is 0 Å². The molecule has 2 bridgehead atoms. The molecule has 0 unspecified atom stereocenters. The topological polar surface area (TPSA) is 9.86 Å². The van der Waals surface area contributed by atoms with Crippen LogP contribution in [0.5, 0.6) is 0 Å². The summed E-state index contributed by atoms with van der Waals surface area (Å²) in [5, 5.41) is 5.22. The predicted octanol–water partition coefficient (Wildman–Crippen LogP) is 11.5. The standard InChI is InChI=1S/C50H43BN2/c1-49(2,3)35-20-22-45-39(28-35)41-24-33(31-14-9-7-10-15-31)26-43-47(41)52(45)37-18-13-19-38(30-37)53-46-23-21-36(50(4,5)6)29-40(46)42-25-34(27-44(51-43)48(42)53)32-16-11-8-12-17-32/h7-30,51H,1-6H3. The van der Waals surface area contributed by atoms with Crippen molar-refractivity contribution < 1.29 is 0 Å². The van der Waals surface area contributed by atoms with E-state index in [9.17, 15) is 0 Å². The van der Waals surface area contributed by atoms with E-state index in [4.69, 9.17) is 0 Å². The van der Waals surface area contributed by atoms with E-state index in [1.165, 1.54) is 99.3 Å². The highest BCUT2D eigenvalue weighted by Gasteiger charge is 2.26. The van der Waals surface area contributed by atoms with Crippen molar-refractivity contribution in [3.8, 4) is 33.6 Å². The van der Waals surface area contributed by atoms with Crippen LogP contribution in [0.25, 0.3) is 77.2 Å². The van der Waals surface area contributed by atoms with Gasteiger partial charge in [-0.3, -0.25) is 0 Å². The first-order valence-corrected chi connectivity index (χ1v) is 19.0. The highest BCUT2D eigenvalue weighted by atomic mass is 15.0. The number of fused-ring (bicyclic) bond motifs is 10. The van der Waals surface area contributed by atoms with E-state index in [0.717, 1.165) is 7.28 Å². The van der Waals surface area contributed by atoms with Gasteiger partial charge < -0.3 is 9.13 Å². The zero-order valence-electron chi connectivity index (χ0n) is 31.5. The van der Waals surface area contributed by atoms with Crippen LogP contribution in [0, 0.1) is 0 Å². The van der Waals surface area contributed by atoms with Gasteiger partial charge in [-0.1, -0.05) is 143 Å². The molecule has 0 aliphatic carbocycles. The van der Waals surface area contributed by atoms with Gasteiger partial charge in [0.05, 0.1) is 11.0 Å². The number of hydrogen-bond acceptors (Lipinski definition) is 0. The van der Waals surface area contributed by atoms with Crippen molar-refractivity contribution in [1.82, 2.24) is 9.13 Å². The summed E-state index contributed by atoms with van der Waals surface area (Å²) in [6.07, 6.45) is 0. The van der Waals surface area contributed by atoms with Gasteiger partial charge in [-0.15, -0.1) is 0 Å². The molecule has 7 aromatic carbocycles. The summed E-state index contributed by atoms with van der Waals surface area (Å²) in [4.78, 5) is 0. The molecule has 0 radical (unpaired) electrons. The Labute approximate surface area is 312 Å². The molecule has 0 atom stereocenters. The SMILES string of the molecule is CC(C)(C)c1ccc2c(c1)c1cc(-c3ccccc3)cc3c1n2-c1cccc(c1)-n1c2ccc(C(C)(C)C)cc2c2cc(-c4ccccc4)cc(c21)B3. The van der Waals surface area contributed by atoms with Crippen molar-refractivity contribution in [2.45, 2.75) is 52.4 Å². The Bertz CT molecular complexity index is 2720. The fourth-order valence-electron chi connectivity index (χ4n) is 8.77. The lowest BCUT2D eigenvalue weighted by molar-refractivity contribution is 0.591.